The Morgan fingerprint density at radius 3 is 1.86 bits per heavy atom. The Morgan fingerprint density at radius 1 is 0.821 bits per heavy atom. The molecule has 0 saturated heterocycles. The standard InChI is InChI=1S/C24H31ClO3/c1-3-4-5-6-7-8-9-18-27-22-14-10-20(11-15-22)21-12-16-23(17-13-21)28-24(26)19(2)25/h10-17,19H,3-9,18H2,1-2H3/t19-/m1/s1. The molecule has 0 spiro atoms. The van der Waals surface area contributed by atoms with Crippen LogP contribution in [0.25, 0.3) is 11.1 Å². The largest absolute Gasteiger partial charge is 0.494 e. The van der Waals surface area contributed by atoms with Crippen LogP contribution in [0.1, 0.15) is 58.8 Å². The summed E-state index contributed by atoms with van der Waals surface area (Å²) in [5, 5.41) is -0.659. The lowest BCUT2D eigenvalue weighted by atomic mass is 10.1. The van der Waals surface area contributed by atoms with E-state index < -0.39 is 11.3 Å². The number of benzene rings is 2. The molecule has 0 unspecified atom stereocenters. The molecule has 152 valence electrons. The molecule has 0 aliphatic heterocycles. The number of hydrogen-bond donors (Lipinski definition) is 0. The van der Waals surface area contributed by atoms with Gasteiger partial charge in [0.05, 0.1) is 6.61 Å². The molecule has 2 aromatic carbocycles. The Bertz CT molecular complexity index is 693. The molecule has 0 aromatic heterocycles. The fraction of sp³-hybridized carbons (Fsp3) is 0.458. The van der Waals surface area contributed by atoms with Gasteiger partial charge in [0.15, 0.2) is 0 Å². The highest BCUT2D eigenvalue weighted by Crippen LogP contribution is 2.25. The number of carbonyl (C=O) groups is 1. The minimum absolute atomic E-state index is 0.447. The maximum atomic E-state index is 11.5. The smallest absolute Gasteiger partial charge is 0.329 e. The highest BCUT2D eigenvalue weighted by atomic mass is 35.5. The van der Waals surface area contributed by atoms with E-state index in [0.29, 0.717) is 5.75 Å². The van der Waals surface area contributed by atoms with Crippen molar-refractivity contribution in [2.24, 2.45) is 0 Å². The average molecular weight is 403 g/mol. The van der Waals surface area contributed by atoms with E-state index in [1.54, 1.807) is 19.1 Å². The van der Waals surface area contributed by atoms with Gasteiger partial charge in [0.1, 0.15) is 16.9 Å². The van der Waals surface area contributed by atoms with E-state index in [4.69, 9.17) is 21.1 Å². The van der Waals surface area contributed by atoms with Crippen molar-refractivity contribution in [2.75, 3.05) is 6.61 Å². The molecule has 3 nitrogen and oxygen atoms in total. The van der Waals surface area contributed by atoms with Gasteiger partial charge in [-0.2, -0.15) is 0 Å². The zero-order valence-electron chi connectivity index (χ0n) is 17.0. The van der Waals surface area contributed by atoms with E-state index in [-0.39, 0.29) is 0 Å². The monoisotopic (exact) mass is 402 g/mol. The Hall–Kier alpha value is -2.00. The first-order chi connectivity index (χ1) is 13.6. The van der Waals surface area contributed by atoms with Crippen molar-refractivity contribution in [3.05, 3.63) is 48.5 Å². The van der Waals surface area contributed by atoms with Crippen molar-refractivity contribution >= 4 is 17.6 Å². The predicted molar refractivity (Wildman–Crippen MR) is 116 cm³/mol. The maximum Gasteiger partial charge on any atom is 0.329 e. The maximum absolute atomic E-state index is 11.5. The van der Waals surface area contributed by atoms with Gasteiger partial charge in [-0.1, -0.05) is 69.7 Å². The van der Waals surface area contributed by atoms with E-state index in [2.05, 4.69) is 6.92 Å². The number of ether oxygens (including phenoxy) is 2. The van der Waals surface area contributed by atoms with Crippen LogP contribution >= 0.6 is 11.6 Å². The third kappa shape index (κ3) is 7.93. The highest BCUT2D eigenvalue weighted by molar-refractivity contribution is 6.29. The first-order valence-corrected chi connectivity index (χ1v) is 10.7. The second-order valence-corrected chi connectivity index (χ2v) is 7.71. The van der Waals surface area contributed by atoms with E-state index in [1.165, 1.54) is 38.5 Å². The lowest BCUT2D eigenvalue weighted by Crippen LogP contribution is -2.17. The van der Waals surface area contributed by atoms with Crippen LogP contribution in [0.15, 0.2) is 48.5 Å². The summed E-state index contributed by atoms with van der Waals surface area (Å²) in [6, 6.07) is 15.5. The summed E-state index contributed by atoms with van der Waals surface area (Å²) in [6.45, 7) is 4.61. The SMILES string of the molecule is CCCCCCCCCOc1ccc(-c2ccc(OC(=O)[C@@H](C)Cl)cc2)cc1. The van der Waals surface area contributed by atoms with Crippen LogP contribution in [0.3, 0.4) is 0 Å². The van der Waals surface area contributed by atoms with Crippen molar-refractivity contribution in [3.63, 3.8) is 0 Å². The molecule has 4 heteroatoms. The summed E-state index contributed by atoms with van der Waals surface area (Å²) >= 11 is 5.71. The van der Waals surface area contributed by atoms with Gasteiger partial charge in [-0.05, 0) is 48.7 Å². The van der Waals surface area contributed by atoms with Gasteiger partial charge < -0.3 is 9.47 Å². The molecule has 2 rings (SSSR count). The van der Waals surface area contributed by atoms with E-state index in [0.717, 1.165) is 29.9 Å². The van der Waals surface area contributed by atoms with Gasteiger partial charge in [0, 0.05) is 0 Å². The molecular weight excluding hydrogens is 372 g/mol. The van der Waals surface area contributed by atoms with Crippen molar-refractivity contribution in [1.82, 2.24) is 0 Å². The minimum Gasteiger partial charge on any atom is -0.494 e. The molecule has 0 N–H and O–H groups in total. The van der Waals surface area contributed by atoms with Gasteiger partial charge in [-0.3, -0.25) is 4.79 Å². The summed E-state index contributed by atoms with van der Waals surface area (Å²) in [5.74, 6) is 0.948. The zero-order valence-corrected chi connectivity index (χ0v) is 17.7. The third-order valence-electron chi connectivity index (χ3n) is 4.60. The molecule has 2 aromatic rings. The van der Waals surface area contributed by atoms with Crippen LogP contribution in [0.4, 0.5) is 0 Å². The van der Waals surface area contributed by atoms with Gasteiger partial charge in [-0.25, -0.2) is 0 Å². The molecule has 0 saturated carbocycles. The predicted octanol–water partition coefficient (Wildman–Crippen LogP) is 7.02. The molecule has 0 amide bonds. The van der Waals surface area contributed by atoms with E-state index >= 15 is 0 Å². The first-order valence-electron chi connectivity index (χ1n) is 10.3. The first kappa shape index (κ1) is 22.3. The average Bonchev–Trinajstić information content (AvgIpc) is 2.71. The summed E-state index contributed by atoms with van der Waals surface area (Å²) in [6.07, 6.45) is 8.99. The molecule has 0 radical (unpaired) electrons. The normalized spacial score (nSPS) is 11.8. The lowest BCUT2D eigenvalue weighted by molar-refractivity contribution is -0.133. The zero-order chi connectivity index (χ0) is 20.2. The second-order valence-electron chi connectivity index (χ2n) is 7.06. The molecule has 1 atom stereocenters. The Balaban J connectivity index is 1.75. The highest BCUT2D eigenvalue weighted by Gasteiger charge is 2.11. The second kappa shape index (κ2) is 12.5. The fourth-order valence-electron chi connectivity index (χ4n) is 2.91. The van der Waals surface area contributed by atoms with Crippen LogP contribution in [-0.2, 0) is 4.79 Å². The minimum atomic E-state index is -0.659. The molecular formula is C24H31ClO3. The van der Waals surface area contributed by atoms with Crippen molar-refractivity contribution in [1.29, 1.82) is 0 Å². The van der Waals surface area contributed by atoms with Crippen molar-refractivity contribution in [3.8, 4) is 22.6 Å². The fourth-order valence-corrected chi connectivity index (χ4v) is 2.95. The Kier molecular flexibility index (Phi) is 9.92. The topological polar surface area (TPSA) is 35.5 Å². The van der Waals surface area contributed by atoms with Crippen LogP contribution < -0.4 is 9.47 Å². The molecule has 0 fully saturated rings. The number of alkyl halides is 1. The molecule has 0 bridgehead atoms. The Morgan fingerprint density at radius 2 is 1.32 bits per heavy atom. The summed E-state index contributed by atoms with van der Waals surface area (Å²) in [7, 11) is 0. The number of halogens is 1. The summed E-state index contributed by atoms with van der Waals surface area (Å²) in [5.41, 5.74) is 2.14. The summed E-state index contributed by atoms with van der Waals surface area (Å²) < 4.78 is 11.0. The van der Waals surface area contributed by atoms with Gasteiger partial charge in [-0.15, -0.1) is 11.6 Å². The van der Waals surface area contributed by atoms with Gasteiger partial charge >= 0.3 is 5.97 Å². The van der Waals surface area contributed by atoms with Crippen molar-refractivity contribution in [2.45, 2.75) is 64.2 Å². The van der Waals surface area contributed by atoms with Crippen LogP contribution in [0.2, 0.25) is 0 Å². The number of esters is 1. The molecule has 0 aliphatic carbocycles. The van der Waals surface area contributed by atoms with Crippen LogP contribution in [-0.4, -0.2) is 18.0 Å². The van der Waals surface area contributed by atoms with Crippen LogP contribution in [0.5, 0.6) is 11.5 Å². The number of carbonyl (C=O) groups excluding carboxylic acids is 1. The third-order valence-corrected chi connectivity index (χ3v) is 4.78. The molecule has 0 heterocycles. The van der Waals surface area contributed by atoms with Gasteiger partial charge in [0.25, 0.3) is 0 Å². The van der Waals surface area contributed by atoms with E-state index in [1.807, 2.05) is 36.4 Å². The number of hydrogen-bond acceptors (Lipinski definition) is 3. The number of rotatable bonds is 12. The van der Waals surface area contributed by atoms with Crippen molar-refractivity contribution < 1.29 is 14.3 Å². The van der Waals surface area contributed by atoms with Gasteiger partial charge in [0.2, 0.25) is 0 Å². The Labute approximate surface area is 174 Å². The molecule has 28 heavy (non-hydrogen) atoms. The quantitative estimate of drug-likeness (QED) is 0.166. The summed E-state index contributed by atoms with van der Waals surface area (Å²) in [4.78, 5) is 11.5. The van der Waals surface area contributed by atoms with E-state index in [9.17, 15) is 4.79 Å². The van der Waals surface area contributed by atoms with Crippen LogP contribution in [0, 0.1) is 0 Å². The molecule has 0 aliphatic rings. The lowest BCUT2D eigenvalue weighted by Gasteiger charge is -2.09. The number of unbranched alkanes of at least 4 members (excludes halogenated alkanes) is 6.